The van der Waals surface area contributed by atoms with Crippen LogP contribution in [0.3, 0.4) is 0 Å². The molecular weight excluding hydrogens is 340 g/mol. The SMILES string of the molecule is CNC1CCCN(C(C)C(=O)NC(C)c2ccc(S(N)(=O)=O)cc2)C1. The maximum Gasteiger partial charge on any atom is 0.238 e. The van der Waals surface area contributed by atoms with Crippen LogP contribution in [-0.4, -0.2) is 51.4 Å². The molecular formula is C17H28N4O3S. The average molecular weight is 369 g/mol. The molecule has 0 bridgehead atoms. The molecule has 1 aromatic carbocycles. The van der Waals surface area contributed by atoms with E-state index in [0.29, 0.717) is 6.04 Å². The highest BCUT2D eigenvalue weighted by Gasteiger charge is 2.27. The van der Waals surface area contributed by atoms with Crippen molar-refractivity contribution >= 4 is 15.9 Å². The van der Waals surface area contributed by atoms with Gasteiger partial charge in [-0.2, -0.15) is 0 Å². The average Bonchev–Trinajstić information content (AvgIpc) is 2.60. The predicted octanol–water partition coefficient (Wildman–Crippen LogP) is 0.584. The summed E-state index contributed by atoms with van der Waals surface area (Å²) < 4.78 is 22.6. The highest BCUT2D eigenvalue weighted by molar-refractivity contribution is 7.89. The monoisotopic (exact) mass is 368 g/mol. The van der Waals surface area contributed by atoms with Gasteiger partial charge in [-0.25, -0.2) is 13.6 Å². The minimum Gasteiger partial charge on any atom is -0.348 e. The number of nitrogens with one attached hydrogen (secondary N) is 2. The van der Waals surface area contributed by atoms with Crippen molar-refractivity contribution in [1.82, 2.24) is 15.5 Å². The van der Waals surface area contributed by atoms with E-state index in [1.807, 2.05) is 20.9 Å². The molecule has 0 saturated carbocycles. The number of hydrogen-bond donors (Lipinski definition) is 3. The Morgan fingerprint density at radius 1 is 1.28 bits per heavy atom. The third-order valence-electron chi connectivity index (χ3n) is 4.86. The Bertz CT molecular complexity index is 690. The number of hydrogen-bond acceptors (Lipinski definition) is 5. The summed E-state index contributed by atoms with van der Waals surface area (Å²) in [7, 11) is -1.75. The number of likely N-dealkylation sites (tertiary alicyclic amines) is 1. The van der Waals surface area contributed by atoms with Gasteiger partial charge in [0.05, 0.1) is 17.0 Å². The first-order valence-corrected chi connectivity index (χ1v) is 10.1. The highest BCUT2D eigenvalue weighted by Crippen LogP contribution is 2.17. The van der Waals surface area contributed by atoms with Gasteiger partial charge >= 0.3 is 0 Å². The fourth-order valence-corrected chi connectivity index (χ4v) is 3.64. The number of carbonyl (C=O) groups excluding carboxylic acids is 1. The van der Waals surface area contributed by atoms with Gasteiger partial charge in [-0.05, 0) is 58.0 Å². The lowest BCUT2D eigenvalue weighted by Gasteiger charge is -2.36. The number of nitrogens with zero attached hydrogens (tertiary/aromatic N) is 1. The van der Waals surface area contributed by atoms with E-state index in [1.165, 1.54) is 12.1 Å². The Labute approximate surface area is 150 Å². The zero-order valence-corrected chi connectivity index (χ0v) is 15.8. The van der Waals surface area contributed by atoms with Gasteiger partial charge in [0.1, 0.15) is 0 Å². The molecule has 0 aromatic heterocycles. The first kappa shape index (κ1) is 19.8. The first-order valence-electron chi connectivity index (χ1n) is 8.57. The molecule has 1 heterocycles. The van der Waals surface area contributed by atoms with Gasteiger partial charge in [0.2, 0.25) is 15.9 Å². The minimum absolute atomic E-state index is 0.0280. The Hall–Kier alpha value is -1.48. The van der Waals surface area contributed by atoms with E-state index in [0.717, 1.165) is 31.5 Å². The van der Waals surface area contributed by atoms with Crippen LogP contribution in [0.15, 0.2) is 29.2 Å². The number of primary sulfonamides is 1. The molecule has 1 aliphatic rings. The predicted molar refractivity (Wildman–Crippen MR) is 97.5 cm³/mol. The fraction of sp³-hybridized carbons (Fsp3) is 0.588. The molecule has 8 heteroatoms. The Morgan fingerprint density at radius 2 is 1.92 bits per heavy atom. The third kappa shape index (κ3) is 5.24. The number of likely N-dealkylation sites (N-methyl/N-ethyl adjacent to an activating group) is 1. The van der Waals surface area contributed by atoms with Crippen molar-refractivity contribution in [1.29, 1.82) is 0 Å². The van der Waals surface area contributed by atoms with E-state index in [4.69, 9.17) is 5.14 Å². The van der Waals surface area contributed by atoms with E-state index in [1.54, 1.807) is 12.1 Å². The standard InChI is InChI=1S/C17H28N4O3S/c1-12(14-6-8-16(9-7-14)25(18,23)24)20-17(22)13(2)21-10-4-5-15(11-21)19-3/h6-9,12-13,15,19H,4-5,10-11H2,1-3H3,(H,20,22)(H2,18,23,24). The zero-order valence-electron chi connectivity index (χ0n) is 15.0. The molecule has 1 fully saturated rings. The summed E-state index contributed by atoms with van der Waals surface area (Å²) >= 11 is 0. The zero-order chi connectivity index (χ0) is 18.6. The molecule has 4 N–H and O–H groups in total. The molecule has 140 valence electrons. The summed E-state index contributed by atoms with van der Waals surface area (Å²) in [5.74, 6) is -0.0280. The van der Waals surface area contributed by atoms with Crippen LogP contribution in [0.2, 0.25) is 0 Å². The lowest BCUT2D eigenvalue weighted by atomic mass is 10.0. The highest BCUT2D eigenvalue weighted by atomic mass is 32.2. The summed E-state index contributed by atoms with van der Waals surface area (Å²) in [4.78, 5) is 14.8. The lowest BCUT2D eigenvalue weighted by molar-refractivity contribution is -0.127. The molecule has 0 spiro atoms. The van der Waals surface area contributed by atoms with Gasteiger partial charge in [-0.3, -0.25) is 9.69 Å². The van der Waals surface area contributed by atoms with Crippen LogP contribution in [0.1, 0.15) is 38.3 Å². The lowest BCUT2D eigenvalue weighted by Crippen LogP contribution is -2.52. The van der Waals surface area contributed by atoms with Crippen LogP contribution in [0.5, 0.6) is 0 Å². The molecule has 7 nitrogen and oxygen atoms in total. The fourth-order valence-electron chi connectivity index (χ4n) is 3.12. The van der Waals surface area contributed by atoms with Crippen LogP contribution < -0.4 is 15.8 Å². The van der Waals surface area contributed by atoms with Crippen molar-refractivity contribution in [2.75, 3.05) is 20.1 Å². The summed E-state index contributed by atoms with van der Waals surface area (Å²) in [6, 6.07) is 6.27. The molecule has 1 aromatic rings. The number of amides is 1. The van der Waals surface area contributed by atoms with Crippen LogP contribution in [0, 0.1) is 0 Å². The maximum atomic E-state index is 12.6. The Kier molecular flexibility index (Phi) is 6.56. The Balaban J connectivity index is 1.97. The molecule has 0 radical (unpaired) electrons. The van der Waals surface area contributed by atoms with Crippen molar-refractivity contribution < 1.29 is 13.2 Å². The molecule has 3 unspecified atom stereocenters. The number of sulfonamides is 1. The molecule has 0 aliphatic carbocycles. The molecule has 2 rings (SSSR count). The van der Waals surface area contributed by atoms with Crippen LogP contribution >= 0.6 is 0 Å². The first-order chi connectivity index (χ1) is 11.7. The maximum absolute atomic E-state index is 12.6. The quantitative estimate of drug-likeness (QED) is 0.681. The number of carbonyl (C=O) groups is 1. The van der Waals surface area contributed by atoms with Crippen molar-refractivity contribution in [3.63, 3.8) is 0 Å². The second-order valence-electron chi connectivity index (χ2n) is 6.64. The summed E-state index contributed by atoms with van der Waals surface area (Å²) in [5, 5.41) is 11.4. The summed E-state index contributed by atoms with van der Waals surface area (Å²) in [6.45, 7) is 5.58. The van der Waals surface area contributed by atoms with Gasteiger partial charge in [-0.1, -0.05) is 12.1 Å². The van der Waals surface area contributed by atoms with Gasteiger partial charge in [0.25, 0.3) is 0 Å². The second-order valence-corrected chi connectivity index (χ2v) is 8.20. The topological polar surface area (TPSA) is 105 Å². The van der Waals surface area contributed by atoms with Gasteiger partial charge in [-0.15, -0.1) is 0 Å². The van der Waals surface area contributed by atoms with Gasteiger partial charge in [0, 0.05) is 12.6 Å². The molecule has 3 atom stereocenters. The van der Waals surface area contributed by atoms with Crippen molar-refractivity contribution in [2.45, 2.75) is 49.7 Å². The van der Waals surface area contributed by atoms with E-state index in [9.17, 15) is 13.2 Å². The summed E-state index contributed by atoms with van der Waals surface area (Å²) in [6.07, 6.45) is 2.21. The number of benzene rings is 1. The van der Waals surface area contributed by atoms with Crippen molar-refractivity contribution in [3.05, 3.63) is 29.8 Å². The largest absolute Gasteiger partial charge is 0.348 e. The summed E-state index contributed by atoms with van der Waals surface area (Å²) in [5.41, 5.74) is 0.833. The van der Waals surface area contributed by atoms with E-state index in [2.05, 4.69) is 15.5 Å². The van der Waals surface area contributed by atoms with E-state index in [-0.39, 0.29) is 22.9 Å². The van der Waals surface area contributed by atoms with E-state index >= 15 is 0 Å². The second kappa shape index (κ2) is 8.27. The van der Waals surface area contributed by atoms with Crippen LogP contribution in [-0.2, 0) is 14.8 Å². The normalized spacial score (nSPS) is 21.5. The molecule has 1 saturated heterocycles. The third-order valence-corrected chi connectivity index (χ3v) is 5.78. The Morgan fingerprint density at radius 3 is 2.48 bits per heavy atom. The van der Waals surface area contributed by atoms with E-state index < -0.39 is 10.0 Å². The van der Waals surface area contributed by atoms with Crippen LogP contribution in [0.25, 0.3) is 0 Å². The molecule has 1 aliphatic heterocycles. The smallest absolute Gasteiger partial charge is 0.238 e. The van der Waals surface area contributed by atoms with Gasteiger partial charge < -0.3 is 10.6 Å². The number of nitrogens with two attached hydrogens (primary N) is 1. The van der Waals surface area contributed by atoms with Crippen molar-refractivity contribution in [2.24, 2.45) is 5.14 Å². The molecule has 25 heavy (non-hydrogen) atoms. The number of rotatable bonds is 6. The minimum atomic E-state index is -3.70. The van der Waals surface area contributed by atoms with Crippen molar-refractivity contribution in [3.8, 4) is 0 Å². The number of piperidine rings is 1. The van der Waals surface area contributed by atoms with Crippen LogP contribution in [0.4, 0.5) is 0 Å². The van der Waals surface area contributed by atoms with Gasteiger partial charge in [0.15, 0.2) is 0 Å². The molecule has 1 amide bonds.